The van der Waals surface area contributed by atoms with Crippen LogP contribution in [0.2, 0.25) is 0 Å². The molecule has 1 aromatic heterocycles. The van der Waals surface area contributed by atoms with Crippen LogP contribution in [0.1, 0.15) is 55.6 Å². The summed E-state index contributed by atoms with van der Waals surface area (Å²) in [5.74, 6) is 2.11. The summed E-state index contributed by atoms with van der Waals surface area (Å²) < 4.78 is 5.47. The Hall–Kier alpha value is -2.67. The van der Waals surface area contributed by atoms with Gasteiger partial charge in [0, 0.05) is 63.0 Å². The van der Waals surface area contributed by atoms with Gasteiger partial charge in [-0.25, -0.2) is 9.97 Å². The lowest BCUT2D eigenvalue weighted by molar-refractivity contribution is -0.125. The Bertz CT molecular complexity index is 944. The zero-order chi connectivity index (χ0) is 22.0. The van der Waals surface area contributed by atoms with E-state index in [4.69, 9.17) is 4.74 Å². The van der Waals surface area contributed by atoms with Crippen LogP contribution in [-0.2, 0) is 11.3 Å². The van der Waals surface area contributed by atoms with Crippen LogP contribution in [0.4, 0.5) is 5.95 Å². The molecule has 7 nitrogen and oxygen atoms in total. The number of carbonyl (C=O) groups is 1. The number of ether oxygens (including phenoxy) is 1. The first-order chi connectivity index (χ1) is 15.6. The first-order valence-corrected chi connectivity index (χ1v) is 11.9. The Balaban J connectivity index is 1.34. The van der Waals surface area contributed by atoms with Gasteiger partial charge in [-0.2, -0.15) is 0 Å². The highest BCUT2D eigenvalue weighted by Crippen LogP contribution is 2.42. The third-order valence-electron chi connectivity index (χ3n) is 7.26. The van der Waals surface area contributed by atoms with Gasteiger partial charge in [0.2, 0.25) is 11.9 Å². The number of rotatable bonds is 5. The highest BCUT2D eigenvalue weighted by atomic mass is 16.5. The summed E-state index contributed by atoms with van der Waals surface area (Å²) >= 11 is 0. The van der Waals surface area contributed by atoms with E-state index in [-0.39, 0.29) is 17.4 Å². The molecule has 4 heterocycles. The molecule has 5 rings (SSSR count). The number of anilines is 1. The van der Waals surface area contributed by atoms with E-state index in [9.17, 15) is 4.79 Å². The maximum absolute atomic E-state index is 12.4. The zero-order valence-electron chi connectivity index (χ0n) is 18.9. The SMILES string of the molecule is COc1cccc([C@@H]2CN(Cc3cnc(N4CCCCC4)nc3)C[C@]23CCCC(=O)N3)c1. The van der Waals surface area contributed by atoms with Gasteiger partial charge in [-0.3, -0.25) is 9.69 Å². The van der Waals surface area contributed by atoms with E-state index in [2.05, 4.69) is 37.2 Å². The molecule has 3 saturated heterocycles. The second-order valence-corrected chi connectivity index (χ2v) is 9.50. The number of hydrogen-bond acceptors (Lipinski definition) is 6. The van der Waals surface area contributed by atoms with Crippen molar-refractivity contribution < 1.29 is 9.53 Å². The monoisotopic (exact) mass is 435 g/mol. The van der Waals surface area contributed by atoms with Gasteiger partial charge in [0.15, 0.2) is 0 Å². The molecule has 2 aromatic rings. The van der Waals surface area contributed by atoms with Crippen LogP contribution in [0.25, 0.3) is 0 Å². The van der Waals surface area contributed by atoms with Crippen LogP contribution in [0, 0.1) is 0 Å². The number of hydrogen-bond donors (Lipinski definition) is 1. The molecule has 170 valence electrons. The first-order valence-electron chi connectivity index (χ1n) is 11.9. The highest BCUT2D eigenvalue weighted by molar-refractivity contribution is 5.78. The molecule has 3 aliphatic rings. The van der Waals surface area contributed by atoms with Gasteiger partial charge in [-0.15, -0.1) is 0 Å². The predicted octanol–water partition coefficient (Wildman–Crippen LogP) is 3.11. The van der Waals surface area contributed by atoms with Crippen LogP contribution in [0.15, 0.2) is 36.7 Å². The molecule has 3 aliphatic heterocycles. The van der Waals surface area contributed by atoms with Crippen molar-refractivity contribution in [2.75, 3.05) is 38.2 Å². The summed E-state index contributed by atoms with van der Waals surface area (Å²) in [7, 11) is 1.70. The van der Waals surface area contributed by atoms with E-state index in [0.29, 0.717) is 6.42 Å². The maximum Gasteiger partial charge on any atom is 0.225 e. The molecule has 0 radical (unpaired) electrons. The molecule has 3 fully saturated rings. The van der Waals surface area contributed by atoms with Crippen molar-refractivity contribution in [1.29, 1.82) is 0 Å². The lowest BCUT2D eigenvalue weighted by atomic mass is 9.76. The van der Waals surface area contributed by atoms with Gasteiger partial charge < -0.3 is 15.0 Å². The molecule has 1 N–H and O–H groups in total. The van der Waals surface area contributed by atoms with E-state index in [1.165, 1.54) is 24.8 Å². The molecule has 0 saturated carbocycles. The van der Waals surface area contributed by atoms with Gasteiger partial charge in [0.05, 0.1) is 12.6 Å². The quantitative estimate of drug-likeness (QED) is 0.778. The third-order valence-corrected chi connectivity index (χ3v) is 7.26. The summed E-state index contributed by atoms with van der Waals surface area (Å²) in [4.78, 5) is 26.4. The Morgan fingerprint density at radius 3 is 2.72 bits per heavy atom. The smallest absolute Gasteiger partial charge is 0.225 e. The van der Waals surface area contributed by atoms with E-state index in [0.717, 1.165) is 62.8 Å². The maximum atomic E-state index is 12.4. The molecule has 0 unspecified atom stereocenters. The molecule has 1 aromatic carbocycles. The van der Waals surface area contributed by atoms with Crippen molar-refractivity contribution in [3.63, 3.8) is 0 Å². The van der Waals surface area contributed by atoms with Crippen molar-refractivity contribution >= 4 is 11.9 Å². The number of aromatic nitrogens is 2. The zero-order valence-corrected chi connectivity index (χ0v) is 18.9. The number of likely N-dealkylation sites (tertiary alicyclic amines) is 1. The standard InChI is InChI=1S/C25H33N5O2/c1-32-21-8-5-7-20(13-21)22-17-29(18-25(22)10-6-9-23(31)28-25)16-19-14-26-24(27-15-19)30-11-3-2-4-12-30/h5,7-8,13-15,22H,2-4,6,9-12,16-18H2,1H3,(H,28,31)/t22-,25+/m0/s1. The topological polar surface area (TPSA) is 70.6 Å². The van der Waals surface area contributed by atoms with Gasteiger partial charge in [-0.1, -0.05) is 12.1 Å². The molecular formula is C25H33N5O2. The van der Waals surface area contributed by atoms with Crippen molar-refractivity contribution in [1.82, 2.24) is 20.2 Å². The average molecular weight is 436 g/mol. The minimum absolute atomic E-state index is 0.167. The molecular weight excluding hydrogens is 402 g/mol. The molecule has 2 atom stereocenters. The second kappa shape index (κ2) is 9.06. The average Bonchev–Trinajstić information content (AvgIpc) is 3.16. The minimum atomic E-state index is -0.226. The summed E-state index contributed by atoms with van der Waals surface area (Å²) in [6, 6.07) is 8.30. The van der Waals surface area contributed by atoms with Gasteiger partial charge in [0.25, 0.3) is 0 Å². The lowest BCUT2D eigenvalue weighted by Gasteiger charge is -2.39. The number of piperidine rings is 2. The van der Waals surface area contributed by atoms with Crippen LogP contribution < -0.4 is 15.0 Å². The van der Waals surface area contributed by atoms with Crippen molar-refractivity contribution in [2.24, 2.45) is 0 Å². The number of nitrogens with zero attached hydrogens (tertiary/aromatic N) is 4. The van der Waals surface area contributed by atoms with E-state index in [1.807, 2.05) is 24.5 Å². The lowest BCUT2D eigenvalue weighted by Crippen LogP contribution is -2.56. The predicted molar refractivity (Wildman–Crippen MR) is 124 cm³/mol. The van der Waals surface area contributed by atoms with E-state index in [1.54, 1.807) is 7.11 Å². The van der Waals surface area contributed by atoms with E-state index >= 15 is 0 Å². The summed E-state index contributed by atoms with van der Waals surface area (Å²) in [6.07, 6.45) is 10.3. The van der Waals surface area contributed by atoms with Gasteiger partial charge in [0.1, 0.15) is 5.75 Å². The number of amides is 1. The number of carbonyl (C=O) groups excluding carboxylic acids is 1. The number of nitrogens with one attached hydrogen (secondary N) is 1. The fourth-order valence-electron chi connectivity index (χ4n) is 5.70. The highest BCUT2D eigenvalue weighted by Gasteiger charge is 2.49. The largest absolute Gasteiger partial charge is 0.497 e. The summed E-state index contributed by atoms with van der Waals surface area (Å²) in [5, 5.41) is 3.39. The normalized spacial score (nSPS) is 26.3. The van der Waals surface area contributed by atoms with Crippen molar-refractivity contribution in [2.45, 2.75) is 56.5 Å². The van der Waals surface area contributed by atoms with Crippen LogP contribution in [0.5, 0.6) is 5.75 Å². The van der Waals surface area contributed by atoms with Gasteiger partial charge >= 0.3 is 0 Å². The molecule has 0 bridgehead atoms. The Kier molecular flexibility index (Phi) is 6.00. The first kappa shape index (κ1) is 21.2. The van der Waals surface area contributed by atoms with Crippen LogP contribution in [0.3, 0.4) is 0 Å². The summed E-state index contributed by atoms with van der Waals surface area (Å²) in [6.45, 7) is 4.63. The Labute approximate surface area is 190 Å². The van der Waals surface area contributed by atoms with E-state index < -0.39 is 0 Å². The fraction of sp³-hybridized carbons (Fsp3) is 0.560. The number of methoxy groups -OCH3 is 1. The Morgan fingerprint density at radius 2 is 1.97 bits per heavy atom. The van der Waals surface area contributed by atoms with Crippen LogP contribution in [-0.4, -0.2) is 59.6 Å². The molecule has 0 aliphatic carbocycles. The molecule has 7 heteroatoms. The molecule has 1 amide bonds. The van der Waals surface area contributed by atoms with Gasteiger partial charge in [-0.05, 0) is 49.8 Å². The molecule has 32 heavy (non-hydrogen) atoms. The number of benzene rings is 1. The minimum Gasteiger partial charge on any atom is -0.497 e. The fourth-order valence-corrected chi connectivity index (χ4v) is 5.70. The molecule has 1 spiro atoms. The summed E-state index contributed by atoms with van der Waals surface area (Å²) in [5.41, 5.74) is 2.12. The third kappa shape index (κ3) is 4.31. The Morgan fingerprint density at radius 1 is 1.16 bits per heavy atom. The van der Waals surface area contributed by atoms with Crippen molar-refractivity contribution in [3.8, 4) is 5.75 Å². The second-order valence-electron chi connectivity index (χ2n) is 9.50. The van der Waals surface area contributed by atoms with Crippen molar-refractivity contribution in [3.05, 3.63) is 47.8 Å². The van der Waals surface area contributed by atoms with Crippen LogP contribution >= 0.6 is 0 Å².